The van der Waals surface area contributed by atoms with E-state index in [2.05, 4.69) is 5.32 Å². The lowest BCUT2D eigenvalue weighted by atomic mass is 9.80. The molecule has 0 bridgehead atoms. The highest BCUT2D eigenvalue weighted by Crippen LogP contribution is 2.36. The second-order valence-corrected chi connectivity index (χ2v) is 10.5. The maximum Gasteiger partial charge on any atom is 0.335 e. The normalized spacial score (nSPS) is 40.3. The van der Waals surface area contributed by atoms with Crippen LogP contribution in [0.2, 0.25) is 0 Å². The van der Waals surface area contributed by atoms with Crippen molar-refractivity contribution >= 4 is 11.9 Å². The predicted octanol–water partition coefficient (Wildman–Crippen LogP) is -1.63. The Balaban J connectivity index is 2.32. The number of hydrogen-bond acceptors (Lipinski definition) is 10. The van der Waals surface area contributed by atoms with Crippen molar-refractivity contribution in [2.75, 3.05) is 7.05 Å². The molecule has 12 heteroatoms. The fourth-order valence-corrected chi connectivity index (χ4v) is 3.93. The first-order chi connectivity index (χ1) is 15.0. The SMILES string of the molecule is CNC(=O)C1O[C@H](C(C)(C)C)[C@H](O)C(O)[C@H]1O[C@H]1OC(C(=O)O)[C@H](OC(C)(C)C)C(O)[C@H]1O. The van der Waals surface area contributed by atoms with E-state index in [0.717, 1.165) is 0 Å². The number of hydrogen-bond donors (Lipinski definition) is 6. The number of aliphatic hydroxyl groups is 4. The molecule has 12 nitrogen and oxygen atoms in total. The summed E-state index contributed by atoms with van der Waals surface area (Å²) >= 11 is 0. The fourth-order valence-electron chi connectivity index (χ4n) is 3.93. The average Bonchev–Trinajstić information content (AvgIpc) is 2.68. The van der Waals surface area contributed by atoms with Gasteiger partial charge in [-0.2, -0.15) is 0 Å². The molecule has 10 atom stereocenters. The minimum atomic E-state index is -1.79. The first-order valence-corrected chi connectivity index (χ1v) is 10.8. The number of aliphatic hydroxyl groups excluding tert-OH is 4. The third kappa shape index (κ3) is 6.20. The smallest absolute Gasteiger partial charge is 0.335 e. The van der Waals surface area contributed by atoms with Crippen LogP contribution in [-0.4, -0.2) is 111 Å². The van der Waals surface area contributed by atoms with Gasteiger partial charge in [0, 0.05) is 7.05 Å². The van der Waals surface area contributed by atoms with Crippen LogP contribution in [0, 0.1) is 5.41 Å². The van der Waals surface area contributed by atoms with Crippen molar-refractivity contribution in [2.45, 2.75) is 108 Å². The predicted molar refractivity (Wildman–Crippen MR) is 112 cm³/mol. The molecule has 0 aromatic carbocycles. The van der Waals surface area contributed by atoms with E-state index < -0.39 is 84.1 Å². The summed E-state index contributed by atoms with van der Waals surface area (Å²) in [5, 5.41) is 54.6. The van der Waals surface area contributed by atoms with Crippen molar-refractivity contribution in [3.8, 4) is 0 Å². The molecular formula is C21H37NO11. The summed E-state index contributed by atoms with van der Waals surface area (Å²) in [7, 11) is 1.34. The van der Waals surface area contributed by atoms with Gasteiger partial charge in [0.15, 0.2) is 18.5 Å². The van der Waals surface area contributed by atoms with E-state index in [1.54, 1.807) is 41.5 Å². The maximum absolute atomic E-state index is 12.5. The molecule has 2 heterocycles. The van der Waals surface area contributed by atoms with Crippen LogP contribution in [0.15, 0.2) is 0 Å². The number of likely N-dealkylation sites (N-methyl/N-ethyl adjacent to an activating group) is 1. The van der Waals surface area contributed by atoms with Crippen LogP contribution in [0.5, 0.6) is 0 Å². The Bertz CT molecular complexity index is 703. The van der Waals surface area contributed by atoms with Crippen LogP contribution in [-0.2, 0) is 28.5 Å². The minimum absolute atomic E-state index is 0.652. The molecule has 0 spiro atoms. The van der Waals surface area contributed by atoms with Gasteiger partial charge in [-0.3, -0.25) is 4.79 Å². The molecular weight excluding hydrogens is 442 g/mol. The van der Waals surface area contributed by atoms with Gasteiger partial charge in [0.25, 0.3) is 5.91 Å². The van der Waals surface area contributed by atoms with Gasteiger partial charge in [0.2, 0.25) is 0 Å². The zero-order valence-electron chi connectivity index (χ0n) is 20.0. The summed E-state index contributed by atoms with van der Waals surface area (Å²) in [6, 6.07) is 0. The molecule has 4 unspecified atom stereocenters. The van der Waals surface area contributed by atoms with Crippen LogP contribution in [0.3, 0.4) is 0 Å². The Morgan fingerprint density at radius 2 is 1.36 bits per heavy atom. The van der Waals surface area contributed by atoms with Crippen molar-refractivity contribution in [3.05, 3.63) is 0 Å². The highest BCUT2D eigenvalue weighted by atomic mass is 16.7. The number of aliphatic carboxylic acids is 1. The lowest BCUT2D eigenvalue weighted by molar-refractivity contribution is -0.343. The van der Waals surface area contributed by atoms with Crippen molar-refractivity contribution in [3.63, 3.8) is 0 Å². The van der Waals surface area contributed by atoms with E-state index in [0.29, 0.717) is 0 Å². The Kier molecular flexibility index (Phi) is 8.51. The molecule has 0 radical (unpaired) electrons. The first kappa shape index (κ1) is 27.9. The Labute approximate surface area is 192 Å². The molecule has 2 fully saturated rings. The Morgan fingerprint density at radius 3 is 1.82 bits per heavy atom. The molecule has 33 heavy (non-hydrogen) atoms. The number of nitrogens with one attached hydrogen (secondary N) is 1. The van der Waals surface area contributed by atoms with E-state index in [1.165, 1.54) is 7.05 Å². The number of carboxylic acid groups (broad SMARTS) is 1. The zero-order valence-corrected chi connectivity index (χ0v) is 20.0. The molecule has 192 valence electrons. The number of amides is 1. The van der Waals surface area contributed by atoms with Crippen LogP contribution in [0.25, 0.3) is 0 Å². The van der Waals surface area contributed by atoms with E-state index in [9.17, 15) is 35.1 Å². The van der Waals surface area contributed by atoms with Gasteiger partial charge >= 0.3 is 5.97 Å². The average molecular weight is 480 g/mol. The topological polar surface area (TPSA) is 184 Å². The molecule has 6 N–H and O–H groups in total. The van der Waals surface area contributed by atoms with Crippen LogP contribution < -0.4 is 5.32 Å². The van der Waals surface area contributed by atoms with Crippen molar-refractivity contribution in [1.82, 2.24) is 5.32 Å². The molecule has 0 aliphatic carbocycles. The molecule has 2 aliphatic heterocycles. The van der Waals surface area contributed by atoms with Gasteiger partial charge in [-0.05, 0) is 26.2 Å². The third-order valence-electron chi connectivity index (χ3n) is 5.52. The molecule has 2 aliphatic rings. The molecule has 0 aromatic heterocycles. The van der Waals surface area contributed by atoms with Gasteiger partial charge in [-0.25, -0.2) is 4.79 Å². The van der Waals surface area contributed by atoms with Crippen molar-refractivity contribution in [2.24, 2.45) is 5.41 Å². The van der Waals surface area contributed by atoms with E-state index in [1.807, 2.05) is 0 Å². The van der Waals surface area contributed by atoms with Crippen LogP contribution in [0.4, 0.5) is 0 Å². The third-order valence-corrected chi connectivity index (χ3v) is 5.52. The fraction of sp³-hybridized carbons (Fsp3) is 0.905. The summed E-state index contributed by atoms with van der Waals surface area (Å²) in [5.41, 5.74) is -1.51. The van der Waals surface area contributed by atoms with Gasteiger partial charge in [-0.1, -0.05) is 20.8 Å². The Hall–Kier alpha value is -1.38. The van der Waals surface area contributed by atoms with Gasteiger partial charge < -0.3 is 49.8 Å². The van der Waals surface area contributed by atoms with E-state index in [-0.39, 0.29) is 0 Å². The van der Waals surface area contributed by atoms with Gasteiger partial charge in [-0.15, -0.1) is 0 Å². The number of carboxylic acids is 1. The van der Waals surface area contributed by atoms with Crippen molar-refractivity contribution in [1.29, 1.82) is 0 Å². The second-order valence-electron chi connectivity index (χ2n) is 10.5. The highest BCUT2D eigenvalue weighted by molar-refractivity contribution is 5.81. The van der Waals surface area contributed by atoms with E-state index >= 15 is 0 Å². The van der Waals surface area contributed by atoms with E-state index in [4.69, 9.17) is 18.9 Å². The van der Waals surface area contributed by atoms with Gasteiger partial charge in [0.1, 0.15) is 36.6 Å². The number of carbonyl (C=O) groups excluding carboxylic acids is 1. The van der Waals surface area contributed by atoms with Gasteiger partial charge in [0.05, 0.1) is 11.7 Å². The quantitative estimate of drug-likeness (QED) is 0.266. The number of carbonyl (C=O) groups is 2. The summed E-state index contributed by atoms with van der Waals surface area (Å²) in [6.45, 7) is 10.2. The summed E-state index contributed by atoms with van der Waals surface area (Å²) in [6.07, 6.45) is -15.4. The second kappa shape index (κ2) is 10.1. The minimum Gasteiger partial charge on any atom is -0.479 e. The monoisotopic (exact) mass is 479 g/mol. The number of rotatable bonds is 5. The highest BCUT2D eigenvalue weighted by Gasteiger charge is 2.55. The lowest BCUT2D eigenvalue weighted by Gasteiger charge is -2.49. The molecule has 1 amide bonds. The summed E-state index contributed by atoms with van der Waals surface area (Å²) < 4.78 is 22.4. The maximum atomic E-state index is 12.5. The summed E-state index contributed by atoms with van der Waals surface area (Å²) in [4.78, 5) is 24.3. The lowest BCUT2D eigenvalue weighted by Crippen LogP contribution is -2.68. The van der Waals surface area contributed by atoms with Crippen LogP contribution >= 0.6 is 0 Å². The molecule has 0 saturated carbocycles. The largest absolute Gasteiger partial charge is 0.479 e. The number of ether oxygens (including phenoxy) is 4. The standard InChI is InChI=1S/C21H37NO11/c1-20(2,3)16-10(25)8(23)12(14(30-16)17(27)22-7)31-19-11(26)9(24)13(33-21(4,5)6)15(32-19)18(28)29/h8-16,19,23-26H,1-7H3,(H,22,27)(H,28,29)/t8?,9?,10-,11-,12-,13-,14?,15?,16+,19+/m1/s1. The molecule has 0 aromatic rings. The Morgan fingerprint density at radius 1 is 0.818 bits per heavy atom. The molecule has 2 saturated heterocycles. The summed E-state index contributed by atoms with van der Waals surface area (Å²) in [5.74, 6) is -2.14. The first-order valence-electron chi connectivity index (χ1n) is 10.8. The van der Waals surface area contributed by atoms with Crippen LogP contribution in [0.1, 0.15) is 41.5 Å². The molecule has 2 rings (SSSR count). The zero-order chi connectivity index (χ0) is 25.5. The van der Waals surface area contributed by atoms with Crippen molar-refractivity contribution < 1.29 is 54.1 Å².